The molecule has 0 aliphatic rings. The van der Waals surface area contributed by atoms with Crippen LogP contribution in [-0.4, -0.2) is 5.38 Å². The number of alkyl halides is 1. The lowest BCUT2D eigenvalue weighted by Gasteiger charge is -2.24. The lowest BCUT2D eigenvalue weighted by Crippen LogP contribution is -2.20. The Hall–Kier alpha value is 0.290. The van der Waals surface area contributed by atoms with Crippen LogP contribution < -0.4 is 0 Å². The lowest BCUT2D eigenvalue weighted by molar-refractivity contribution is 0.363. The molecule has 0 N–H and O–H groups in total. The molecule has 0 aromatic rings. The molecular weight excluding hydrogens is 192 g/mol. The Morgan fingerprint density at radius 3 is 1.86 bits per heavy atom. The zero-order chi connectivity index (χ0) is 11.2. The molecule has 0 aromatic heterocycles. The van der Waals surface area contributed by atoms with E-state index in [2.05, 4.69) is 34.6 Å². The molecule has 1 heteroatoms. The maximum atomic E-state index is 6.30. The van der Waals surface area contributed by atoms with Crippen molar-refractivity contribution in [3.05, 3.63) is 0 Å². The van der Waals surface area contributed by atoms with Crippen molar-refractivity contribution < 1.29 is 0 Å². The van der Waals surface area contributed by atoms with E-state index in [0.717, 1.165) is 5.92 Å². The fraction of sp³-hybridized carbons (Fsp3) is 1.00. The molecule has 0 aliphatic carbocycles. The van der Waals surface area contributed by atoms with Crippen LogP contribution in [0.25, 0.3) is 0 Å². The lowest BCUT2D eigenvalue weighted by atomic mass is 9.88. The van der Waals surface area contributed by atoms with Crippen molar-refractivity contribution >= 4 is 11.6 Å². The van der Waals surface area contributed by atoms with Gasteiger partial charge in [-0.2, -0.15) is 0 Å². The summed E-state index contributed by atoms with van der Waals surface area (Å²) in [5.74, 6) is 0.851. The first-order valence-corrected chi connectivity index (χ1v) is 6.41. The van der Waals surface area contributed by atoms with Crippen LogP contribution in [0.2, 0.25) is 0 Å². The summed E-state index contributed by atoms with van der Waals surface area (Å²) in [6, 6.07) is 0. The van der Waals surface area contributed by atoms with E-state index in [4.69, 9.17) is 11.6 Å². The Bertz CT molecular complexity index is 133. The maximum absolute atomic E-state index is 6.30. The highest BCUT2D eigenvalue weighted by molar-refractivity contribution is 6.21. The van der Waals surface area contributed by atoms with Gasteiger partial charge in [-0.15, -0.1) is 11.6 Å². The van der Waals surface area contributed by atoms with Crippen molar-refractivity contribution in [3.63, 3.8) is 0 Å². The summed E-state index contributed by atoms with van der Waals surface area (Å²) in [4.78, 5) is 0. The van der Waals surface area contributed by atoms with E-state index in [1.165, 1.54) is 32.1 Å². The van der Waals surface area contributed by atoms with Crippen LogP contribution in [0.1, 0.15) is 66.7 Å². The van der Waals surface area contributed by atoms with Gasteiger partial charge in [-0.25, -0.2) is 0 Å². The van der Waals surface area contributed by atoms with Gasteiger partial charge < -0.3 is 0 Å². The third-order valence-corrected chi connectivity index (χ3v) is 3.55. The summed E-state index contributed by atoms with van der Waals surface area (Å²) >= 11 is 6.30. The van der Waals surface area contributed by atoms with Gasteiger partial charge in [0.25, 0.3) is 0 Å². The summed E-state index contributed by atoms with van der Waals surface area (Å²) in [5.41, 5.74) is 0.263. The first kappa shape index (κ1) is 14.3. The minimum atomic E-state index is 0.263. The number of hydrogen-bond donors (Lipinski definition) is 0. The first-order chi connectivity index (χ1) is 6.34. The van der Waals surface area contributed by atoms with E-state index in [1.54, 1.807) is 0 Å². The van der Waals surface area contributed by atoms with Gasteiger partial charge in [0, 0.05) is 5.38 Å². The second kappa shape index (κ2) is 6.71. The van der Waals surface area contributed by atoms with E-state index < -0.39 is 0 Å². The molecule has 0 aromatic carbocycles. The van der Waals surface area contributed by atoms with E-state index in [-0.39, 0.29) is 5.41 Å². The molecule has 0 saturated carbocycles. The summed E-state index contributed by atoms with van der Waals surface area (Å²) in [5, 5.41) is 0.335. The van der Waals surface area contributed by atoms with Gasteiger partial charge in [0.15, 0.2) is 0 Å². The molecular formula is C13H27Cl. The quantitative estimate of drug-likeness (QED) is 0.422. The molecule has 0 saturated heterocycles. The molecule has 0 fully saturated rings. The average Bonchev–Trinajstić information content (AvgIpc) is 2.01. The number of hydrogen-bond acceptors (Lipinski definition) is 0. The standard InChI is InChI=1S/C13H27Cl/c1-11(2)9-7-6-8-10-12(14)13(3,4)5/h11-12H,6-10H2,1-5H3. The maximum Gasteiger partial charge on any atom is 0.0384 e. The molecule has 0 spiro atoms. The number of halogens is 1. The number of unbranched alkanes of at least 4 members (excludes halogenated alkanes) is 2. The molecule has 0 radical (unpaired) electrons. The molecule has 0 amide bonds. The van der Waals surface area contributed by atoms with Crippen molar-refractivity contribution in [2.24, 2.45) is 11.3 Å². The van der Waals surface area contributed by atoms with Gasteiger partial charge in [-0.05, 0) is 17.8 Å². The monoisotopic (exact) mass is 218 g/mol. The van der Waals surface area contributed by atoms with Gasteiger partial charge in [-0.3, -0.25) is 0 Å². The van der Waals surface area contributed by atoms with E-state index in [9.17, 15) is 0 Å². The second-order valence-electron chi connectivity index (χ2n) is 5.87. The van der Waals surface area contributed by atoms with Crippen molar-refractivity contribution in [2.75, 3.05) is 0 Å². The molecule has 86 valence electrons. The predicted molar refractivity (Wildman–Crippen MR) is 67.0 cm³/mol. The van der Waals surface area contributed by atoms with E-state index in [1.807, 2.05) is 0 Å². The Balaban J connectivity index is 3.37. The van der Waals surface area contributed by atoms with Gasteiger partial charge in [-0.1, -0.05) is 60.3 Å². The summed E-state index contributed by atoms with van der Waals surface area (Å²) in [6.07, 6.45) is 6.53. The average molecular weight is 219 g/mol. The predicted octanol–water partition coefficient (Wildman–Crippen LogP) is 5.25. The fourth-order valence-corrected chi connectivity index (χ4v) is 1.64. The number of rotatable bonds is 6. The summed E-state index contributed by atoms with van der Waals surface area (Å²) in [6.45, 7) is 11.2. The van der Waals surface area contributed by atoms with Crippen molar-refractivity contribution in [2.45, 2.75) is 72.1 Å². The Labute approximate surface area is 95.4 Å². The highest BCUT2D eigenvalue weighted by atomic mass is 35.5. The second-order valence-corrected chi connectivity index (χ2v) is 6.39. The fourth-order valence-electron chi connectivity index (χ4n) is 1.49. The molecule has 0 aliphatic heterocycles. The largest absolute Gasteiger partial charge is 0.122 e. The van der Waals surface area contributed by atoms with Crippen LogP contribution in [0.4, 0.5) is 0 Å². The molecule has 1 atom stereocenters. The third kappa shape index (κ3) is 7.67. The van der Waals surface area contributed by atoms with E-state index in [0.29, 0.717) is 5.38 Å². The Kier molecular flexibility index (Phi) is 6.85. The normalized spacial score (nSPS) is 14.8. The third-order valence-electron chi connectivity index (χ3n) is 2.68. The molecule has 0 nitrogen and oxygen atoms in total. The van der Waals surface area contributed by atoms with Crippen LogP contribution in [0.3, 0.4) is 0 Å². The molecule has 0 bridgehead atoms. The van der Waals surface area contributed by atoms with E-state index >= 15 is 0 Å². The molecule has 0 rings (SSSR count). The van der Waals surface area contributed by atoms with Crippen LogP contribution in [0, 0.1) is 11.3 Å². The Morgan fingerprint density at radius 2 is 1.43 bits per heavy atom. The summed E-state index contributed by atoms with van der Waals surface area (Å²) < 4.78 is 0. The highest BCUT2D eigenvalue weighted by Gasteiger charge is 2.21. The zero-order valence-corrected chi connectivity index (χ0v) is 11.3. The van der Waals surface area contributed by atoms with Crippen molar-refractivity contribution in [3.8, 4) is 0 Å². The minimum Gasteiger partial charge on any atom is -0.122 e. The van der Waals surface area contributed by atoms with Crippen LogP contribution in [0.5, 0.6) is 0 Å². The molecule has 14 heavy (non-hydrogen) atoms. The van der Waals surface area contributed by atoms with Crippen LogP contribution >= 0.6 is 11.6 Å². The van der Waals surface area contributed by atoms with Gasteiger partial charge in [0.05, 0.1) is 0 Å². The van der Waals surface area contributed by atoms with Gasteiger partial charge in [0.2, 0.25) is 0 Å². The SMILES string of the molecule is CC(C)CCCCCC(Cl)C(C)(C)C. The topological polar surface area (TPSA) is 0 Å². The van der Waals surface area contributed by atoms with Crippen molar-refractivity contribution in [1.29, 1.82) is 0 Å². The molecule has 1 unspecified atom stereocenters. The minimum absolute atomic E-state index is 0.263. The zero-order valence-electron chi connectivity index (χ0n) is 10.6. The van der Waals surface area contributed by atoms with Crippen LogP contribution in [-0.2, 0) is 0 Å². The summed E-state index contributed by atoms with van der Waals surface area (Å²) in [7, 11) is 0. The van der Waals surface area contributed by atoms with Gasteiger partial charge >= 0.3 is 0 Å². The van der Waals surface area contributed by atoms with Crippen molar-refractivity contribution in [1.82, 2.24) is 0 Å². The smallest absolute Gasteiger partial charge is 0.0384 e. The first-order valence-electron chi connectivity index (χ1n) is 5.98. The highest BCUT2D eigenvalue weighted by Crippen LogP contribution is 2.28. The Morgan fingerprint density at radius 1 is 0.929 bits per heavy atom. The van der Waals surface area contributed by atoms with Gasteiger partial charge in [0.1, 0.15) is 0 Å². The van der Waals surface area contributed by atoms with Crippen LogP contribution in [0.15, 0.2) is 0 Å². The molecule has 0 heterocycles.